The van der Waals surface area contributed by atoms with Crippen molar-refractivity contribution >= 4 is 11.6 Å². The van der Waals surface area contributed by atoms with Crippen LogP contribution in [0.2, 0.25) is 0 Å². The van der Waals surface area contributed by atoms with Crippen LogP contribution < -0.4 is 0 Å². The largest absolute Gasteiger partial charge is 0.126 e. The molecule has 1 aromatic rings. The van der Waals surface area contributed by atoms with Crippen LogP contribution in [0.1, 0.15) is 39.2 Å². The maximum absolute atomic E-state index is 6.20. The Morgan fingerprint density at radius 2 is 1.80 bits per heavy atom. The van der Waals surface area contributed by atoms with E-state index in [1.807, 2.05) is 0 Å². The van der Waals surface area contributed by atoms with Crippen LogP contribution in [0.5, 0.6) is 0 Å². The van der Waals surface area contributed by atoms with Crippen LogP contribution >= 0.6 is 11.6 Å². The molecule has 0 aliphatic carbocycles. The minimum Gasteiger partial charge on any atom is -0.126 e. The second-order valence-corrected chi connectivity index (χ2v) is 5.00. The van der Waals surface area contributed by atoms with Gasteiger partial charge in [-0.15, -0.1) is 11.6 Å². The third-order valence-corrected chi connectivity index (χ3v) is 3.63. The minimum absolute atomic E-state index is 0.164. The van der Waals surface area contributed by atoms with Crippen molar-refractivity contribution in [3.63, 3.8) is 0 Å². The van der Waals surface area contributed by atoms with Crippen LogP contribution in [0, 0.1) is 5.92 Å². The van der Waals surface area contributed by atoms with Crippen LogP contribution in [0.25, 0.3) is 0 Å². The van der Waals surface area contributed by atoms with Gasteiger partial charge in [0, 0.05) is 11.3 Å². The van der Waals surface area contributed by atoms with Gasteiger partial charge in [-0.05, 0) is 24.3 Å². The highest BCUT2D eigenvalue weighted by Crippen LogP contribution is 2.35. The molecule has 0 fully saturated rings. The third-order valence-electron chi connectivity index (χ3n) is 3.12. The number of rotatable bonds is 5. The molecule has 1 heteroatoms. The minimum atomic E-state index is 0.164. The Kier molecular flexibility index (Phi) is 4.66. The summed E-state index contributed by atoms with van der Waals surface area (Å²) in [5, 5.41) is 0. The van der Waals surface area contributed by atoms with E-state index in [-0.39, 0.29) is 5.41 Å². The highest BCUT2D eigenvalue weighted by atomic mass is 35.5. The number of alkyl halides is 1. The maximum atomic E-state index is 6.20. The van der Waals surface area contributed by atoms with Gasteiger partial charge in [-0.3, -0.25) is 0 Å². The lowest BCUT2D eigenvalue weighted by Gasteiger charge is -2.33. The molecule has 0 aromatic heterocycles. The molecule has 0 saturated carbocycles. The van der Waals surface area contributed by atoms with E-state index >= 15 is 0 Å². The van der Waals surface area contributed by atoms with Gasteiger partial charge in [0.2, 0.25) is 0 Å². The molecule has 0 aliphatic heterocycles. The fourth-order valence-electron chi connectivity index (χ4n) is 2.27. The first kappa shape index (κ1) is 12.6. The van der Waals surface area contributed by atoms with E-state index in [1.54, 1.807) is 0 Å². The van der Waals surface area contributed by atoms with E-state index in [1.165, 1.54) is 5.56 Å². The van der Waals surface area contributed by atoms with Crippen molar-refractivity contribution < 1.29 is 0 Å². The summed E-state index contributed by atoms with van der Waals surface area (Å²) < 4.78 is 0. The zero-order chi connectivity index (χ0) is 11.3. The smallest absolute Gasteiger partial charge is 0.0320 e. The molecule has 15 heavy (non-hydrogen) atoms. The van der Waals surface area contributed by atoms with Crippen molar-refractivity contribution in [2.75, 3.05) is 5.88 Å². The topological polar surface area (TPSA) is 0 Å². The van der Waals surface area contributed by atoms with Crippen molar-refractivity contribution in [1.82, 2.24) is 0 Å². The molecule has 0 aliphatic rings. The summed E-state index contributed by atoms with van der Waals surface area (Å²) in [6.45, 7) is 6.76. The lowest BCUT2D eigenvalue weighted by atomic mass is 9.74. The Hall–Kier alpha value is -0.490. The summed E-state index contributed by atoms with van der Waals surface area (Å²) in [5.74, 6) is 1.40. The van der Waals surface area contributed by atoms with E-state index in [4.69, 9.17) is 11.6 Å². The van der Waals surface area contributed by atoms with Gasteiger partial charge >= 0.3 is 0 Å². The lowest BCUT2D eigenvalue weighted by molar-refractivity contribution is 0.362. The fraction of sp³-hybridized carbons (Fsp3) is 0.571. The zero-order valence-corrected chi connectivity index (χ0v) is 10.7. The van der Waals surface area contributed by atoms with Crippen LogP contribution in [0.4, 0.5) is 0 Å². The average Bonchev–Trinajstić information content (AvgIpc) is 2.27. The highest BCUT2D eigenvalue weighted by Gasteiger charge is 2.29. The van der Waals surface area contributed by atoms with Gasteiger partial charge in [-0.25, -0.2) is 0 Å². The zero-order valence-electron chi connectivity index (χ0n) is 9.96. The Morgan fingerprint density at radius 3 is 2.20 bits per heavy atom. The number of halogens is 1. The first-order valence-electron chi connectivity index (χ1n) is 5.76. The second-order valence-electron chi connectivity index (χ2n) is 4.73. The van der Waals surface area contributed by atoms with Crippen molar-refractivity contribution in [3.05, 3.63) is 35.9 Å². The number of hydrogen-bond donors (Lipinski definition) is 0. The molecule has 0 bridgehead atoms. The predicted octanol–water partition coefficient (Wildman–Crippen LogP) is 4.62. The van der Waals surface area contributed by atoms with E-state index < -0.39 is 0 Å². The number of benzene rings is 1. The predicted molar refractivity (Wildman–Crippen MR) is 68.6 cm³/mol. The molecule has 0 saturated heterocycles. The van der Waals surface area contributed by atoms with Crippen molar-refractivity contribution in [3.8, 4) is 0 Å². The van der Waals surface area contributed by atoms with E-state index in [0.29, 0.717) is 11.8 Å². The Labute approximate surface area is 98.7 Å². The summed E-state index contributed by atoms with van der Waals surface area (Å²) in [7, 11) is 0. The molecule has 1 rings (SSSR count). The average molecular weight is 225 g/mol. The quantitative estimate of drug-likeness (QED) is 0.641. The first-order valence-corrected chi connectivity index (χ1v) is 6.29. The van der Waals surface area contributed by atoms with Gasteiger partial charge in [0.1, 0.15) is 0 Å². The van der Waals surface area contributed by atoms with Crippen LogP contribution in [-0.2, 0) is 5.41 Å². The monoisotopic (exact) mass is 224 g/mol. The fourth-order valence-corrected chi connectivity index (χ4v) is 2.72. The molecule has 1 unspecified atom stereocenters. The molecule has 0 N–H and O–H groups in total. The van der Waals surface area contributed by atoms with Gasteiger partial charge in [0.25, 0.3) is 0 Å². The Morgan fingerprint density at radius 1 is 1.20 bits per heavy atom. The molecule has 0 amide bonds. The molecule has 0 spiro atoms. The van der Waals surface area contributed by atoms with E-state index in [0.717, 1.165) is 12.8 Å². The van der Waals surface area contributed by atoms with Gasteiger partial charge in [0.15, 0.2) is 0 Å². The molecule has 0 radical (unpaired) electrons. The molecule has 84 valence electrons. The van der Waals surface area contributed by atoms with Gasteiger partial charge in [-0.1, -0.05) is 51.1 Å². The maximum Gasteiger partial charge on any atom is 0.0320 e. The Balaban J connectivity index is 3.00. The summed E-state index contributed by atoms with van der Waals surface area (Å²) in [4.78, 5) is 0. The van der Waals surface area contributed by atoms with Gasteiger partial charge in [-0.2, -0.15) is 0 Å². The molecule has 1 atom stereocenters. The second kappa shape index (κ2) is 5.55. The molecular weight excluding hydrogens is 204 g/mol. The van der Waals surface area contributed by atoms with Crippen molar-refractivity contribution in [1.29, 1.82) is 0 Å². The first-order chi connectivity index (χ1) is 7.14. The van der Waals surface area contributed by atoms with Gasteiger partial charge in [0.05, 0.1) is 0 Å². The van der Waals surface area contributed by atoms with Gasteiger partial charge < -0.3 is 0 Å². The summed E-state index contributed by atoms with van der Waals surface area (Å²) in [5.41, 5.74) is 1.55. The lowest BCUT2D eigenvalue weighted by Crippen LogP contribution is -2.29. The van der Waals surface area contributed by atoms with Crippen molar-refractivity contribution in [2.24, 2.45) is 5.92 Å². The van der Waals surface area contributed by atoms with Crippen LogP contribution in [0.15, 0.2) is 30.3 Å². The Bertz CT molecular complexity index is 273. The molecule has 0 heterocycles. The summed E-state index contributed by atoms with van der Waals surface area (Å²) in [6.07, 6.45) is 2.27. The third kappa shape index (κ3) is 2.98. The highest BCUT2D eigenvalue weighted by molar-refractivity contribution is 6.18. The molecule has 0 nitrogen and oxygen atoms in total. The molecule has 1 aromatic carbocycles. The van der Waals surface area contributed by atoms with Crippen LogP contribution in [-0.4, -0.2) is 5.88 Å². The normalized spacial score (nSPS) is 15.3. The molecular formula is C14H21Cl. The van der Waals surface area contributed by atoms with Crippen LogP contribution in [0.3, 0.4) is 0 Å². The SMILES string of the molecule is CCC(CCl)(CC(C)C)c1ccccc1. The number of hydrogen-bond acceptors (Lipinski definition) is 0. The summed E-state index contributed by atoms with van der Waals surface area (Å²) >= 11 is 6.20. The standard InChI is InChI=1S/C14H21Cl/c1-4-14(11-15,10-12(2)3)13-8-6-5-7-9-13/h5-9,12H,4,10-11H2,1-3H3. The van der Waals surface area contributed by atoms with Crippen molar-refractivity contribution in [2.45, 2.75) is 39.0 Å². The van der Waals surface area contributed by atoms with E-state index in [9.17, 15) is 0 Å². The van der Waals surface area contributed by atoms with E-state index in [2.05, 4.69) is 51.1 Å². The summed E-state index contributed by atoms with van der Waals surface area (Å²) in [6, 6.07) is 10.7.